The fourth-order valence-electron chi connectivity index (χ4n) is 2.46. The quantitative estimate of drug-likeness (QED) is 0.752. The molecule has 3 rings (SSSR count). The molecule has 0 spiro atoms. The first-order valence-electron chi connectivity index (χ1n) is 7.11. The lowest BCUT2D eigenvalue weighted by Gasteiger charge is -2.21. The normalized spacial score (nSPS) is 11.9. The number of nitrogens with one attached hydrogen (secondary N) is 1. The predicted molar refractivity (Wildman–Crippen MR) is 87.3 cm³/mol. The molecule has 1 unspecified atom stereocenters. The van der Waals surface area contributed by atoms with E-state index in [9.17, 15) is 0 Å². The first kappa shape index (κ1) is 13.4. The molecule has 0 radical (unpaired) electrons. The van der Waals surface area contributed by atoms with Crippen molar-refractivity contribution in [1.82, 2.24) is 4.98 Å². The highest BCUT2D eigenvalue weighted by atomic mass is 14.9. The topological polar surface area (TPSA) is 24.9 Å². The van der Waals surface area contributed by atoms with Crippen molar-refractivity contribution in [3.63, 3.8) is 0 Å². The van der Waals surface area contributed by atoms with E-state index in [1.165, 1.54) is 16.7 Å². The molecule has 2 nitrogen and oxygen atoms in total. The van der Waals surface area contributed by atoms with E-state index in [0.29, 0.717) is 0 Å². The number of benzene rings is 2. The van der Waals surface area contributed by atoms with Gasteiger partial charge in [0.15, 0.2) is 0 Å². The summed E-state index contributed by atoms with van der Waals surface area (Å²) in [5.74, 6) is 0. The molecular formula is C19H18N2. The third-order valence-electron chi connectivity index (χ3n) is 3.50. The van der Waals surface area contributed by atoms with Crippen LogP contribution in [0.15, 0.2) is 79.1 Å². The molecule has 21 heavy (non-hydrogen) atoms. The summed E-state index contributed by atoms with van der Waals surface area (Å²) in [5.41, 5.74) is 4.82. The zero-order valence-corrected chi connectivity index (χ0v) is 12.0. The van der Waals surface area contributed by atoms with Crippen molar-refractivity contribution in [3.05, 3.63) is 95.8 Å². The third-order valence-corrected chi connectivity index (χ3v) is 3.50. The van der Waals surface area contributed by atoms with Crippen LogP contribution in [-0.2, 0) is 0 Å². The van der Waals surface area contributed by atoms with Gasteiger partial charge in [-0.25, -0.2) is 0 Å². The van der Waals surface area contributed by atoms with E-state index in [4.69, 9.17) is 0 Å². The average Bonchev–Trinajstić information content (AvgIpc) is 2.54. The molecule has 2 heteroatoms. The molecule has 2 aromatic carbocycles. The molecule has 0 aliphatic rings. The van der Waals surface area contributed by atoms with Gasteiger partial charge >= 0.3 is 0 Å². The van der Waals surface area contributed by atoms with Crippen molar-refractivity contribution in [2.45, 2.75) is 13.0 Å². The van der Waals surface area contributed by atoms with Crippen LogP contribution in [0.1, 0.15) is 22.7 Å². The maximum atomic E-state index is 4.11. The van der Waals surface area contributed by atoms with Gasteiger partial charge < -0.3 is 5.32 Å². The molecule has 3 aromatic rings. The molecule has 0 fully saturated rings. The van der Waals surface area contributed by atoms with Crippen molar-refractivity contribution in [2.24, 2.45) is 0 Å². The Bertz CT molecular complexity index is 654. The third kappa shape index (κ3) is 3.29. The highest BCUT2D eigenvalue weighted by molar-refractivity contribution is 5.50. The van der Waals surface area contributed by atoms with E-state index in [1.54, 1.807) is 0 Å². The molecule has 1 N–H and O–H groups in total. The van der Waals surface area contributed by atoms with Crippen LogP contribution in [0.2, 0.25) is 0 Å². The standard InChI is InChI=1S/C19H18N2/c1-15-6-5-9-18(14-15)21-19(16-7-3-2-4-8-16)17-10-12-20-13-11-17/h2-14,19,21H,1H3. The summed E-state index contributed by atoms with van der Waals surface area (Å²) < 4.78 is 0. The number of hydrogen-bond acceptors (Lipinski definition) is 2. The summed E-state index contributed by atoms with van der Waals surface area (Å²) in [6.07, 6.45) is 3.67. The minimum Gasteiger partial charge on any atom is -0.374 e. The Morgan fingerprint density at radius 3 is 2.24 bits per heavy atom. The molecule has 1 heterocycles. The van der Waals surface area contributed by atoms with Gasteiger partial charge in [-0.15, -0.1) is 0 Å². The van der Waals surface area contributed by atoms with Gasteiger partial charge in [0.25, 0.3) is 0 Å². The molecule has 0 saturated heterocycles. The number of aromatic nitrogens is 1. The van der Waals surface area contributed by atoms with Crippen LogP contribution in [0, 0.1) is 6.92 Å². The lowest BCUT2D eigenvalue weighted by atomic mass is 9.99. The van der Waals surface area contributed by atoms with Crippen LogP contribution >= 0.6 is 0 Å². The first-order valence-corrected chi connectivity index (χ1v) is 7.11. The van der Waals surface area contributed by atoms with Gasteiger partial charge in [-0.2, -0.15) is 0 Å². The van der Waals surface area contributed by atoms with Gasteiger partial charge in [0.1, 0.15) is 0 Å². The van der Waals surface area contributed by atoms with Gasteiger partial charge in [0.05, 0.1) is 6.04 Å². The highest BCUT2D eigenvalue weighted by Gasteiger charge is 2.13. The van der Waals surface area contributed by atoms with E-state index in [2.05, 4.69) is 77.9 Å². The summed E-state index contributed by atoms with van der Waals surface area (Å²) in [6.45, 7) is 2.11. The molecule has 0 saturated carbocycles. The van der Waals surface area contributed by atoms with Gasteiger partial charge in [-0.3, -0.25) is 4.98 Å². The average molecular weight is 274 g/mol. The second-order valence-corrected chi connectivity index (χ2v) is 5.14. The van der Waals surface area contributed by atoms with Crippen LogP contribution in [0.3, 0.4) is 0 Å². The van der Waals surface area contributed by atoms with Crippen LogP contribution in [-0.4, -0.2) is 4.98 Å². The smallest absolute Gasteiger partial charge is 0.0768 e. The molecular weight excluding hydrogens is 256 g/mol. The Morgan fingerprint density at radius 2 is 1.52 bits per heavy atom. The van der Waals surface area contributed by atoms with Crippen LogP contribution in [0.25, 0.3) is 0 Å². The fourth-order valence-corrected chi connectivity index (χ4v) is 2.46. The molecule has 0 aliphatic heterocycles. The molecule has 0 bridgehead atoms. The molecule has 1 aromatic heterocycles. The summed E-state index contributed by atoms with van der Waals surface area (Å²) >= 11 is 0. The van der Waals surface area contributed by atoms with E-state index >= 15 is 0 Å². The lowest BCUT2D eigenvalue weighted by Crippen LogP contribution is -2.12. The second-order valence-electron chi connectivity index (χ2n) is 5.14. The molecule has 104 valence electrons. The van der Waals surface area contributed by atoms with Gasteiger partial charge in [0.2, 0.25) is 0 Å². The molecule has 0 amide bonds. The number of pyridine rings is 1. The Hall–Kier alpha value is -2.61. The van der Waals surface area contributed by atoms with Crippen molar-refractivity contribution >= 4 is 5.69 Å². The second kappa shape index (κ2) is 6.23. The first-order chi connectivity index (χ1) is 10.3. The maximum Gasteiger partial charge on any atom is 0.0768 e. The number of anilines is 1. The van der Waals surface area contributed by atoms with Crippen molar-refractivity contribution in [2.75, 3.05) is 5.32 Å². The SMILES string of the molecule is Cc1cccc(NC(c2ccccc2)c2ccncc2)c1. The monoisotopic (exact) mass is 274 g/mol. The summed E-state index contributed by atoms with van der Waals surface area (Å²) in [7, 11) is 0. The number of rotatable bonds is 4. The van der Waals surface area contributed by atoms with Crippen molar-refractivity contribution < 1.29 is 0 Å². The van der Waals surface area contributed by atoms with Crippen molar-refractivity contribution in [3.8, 4) is 0 Å². The van der Waals surface area contributed by atoms with Gasteiger partial charge in [-0.1, -0.05) is 42.5 Å². The van der Waals surface area contributed by atoms with Gasteiger partial charge in [0, 0.05) is 18.1 Å². The largest absolute Gasteiger partial charge is 0.374 e. The molecule has 0 aliphatic carbocycles. The van der Waals surface area contributed by atoms with E-state index < -0.39 is 0 Å². The zero-order valence-electron chi connectivity index (χ0n) is 12.0. The fraction of sp³-hybridized carbons (Fsp3) is 0.105. The van der Waals surface area contributed by atoms with Gasteiger partial charge in [-0.05, 0) is 47.9 Å². The van der Waals surface area contributed by atoms with Crippen LogP contribution < -0.4 is 5.32 Å². The summed E-state index contributed by atoms with van der Waals surface area (Å²) in [5, 5.41) is 3.62. The number of hydrogen-bond donors (Lipinski definition) is 1. The lowest BCUT2D eigenvalue weighted by molar-refractivity contribution is 0.933. The Balaban J connectivity index is 1.97. The van der Waals surface area contributed by atoms with E-state index in [-0.39, 0.29) is 6.04 Å². The highest BCUT2D eigenvalue weighted by Crippen LogP contribution is 2.26. The van der Waals surface area contributed by atoms with E-state index in [0.717, 1.165) is 5.69 Å². The minimum absolute atomic E-state index is 0.121. The number of nitrogens with zero attached hydrogens (tertiary/aromatic N) is 1. The zero-order chi connectivity index (χ0) is 14.5. The summed E-state index contributed by atoms with van der Waals surface area (Å²) in [4.78, 5) is 4.11. The predicted octanol–water partition coefficient (Wildman–Crippen LogP) is 4.59. The Labute approximate surface area is 125 Å². The van der Waals surface area contributed by atoms with Crippen LogP contribution in [0.5, 0.6) is 0 Å². The maximum absolute atomic E-state index is 4.11. The Kier molecular flexibility index (Phi) is 3.97. The van der Waals surface area contributed by atoms with Crippen LogP contribution in [0.4, 0.5) is 5.69 Å². The Morgan fingerprint density at radius 1 is 0.810 bits per heavy atom. The van der Waals surface area contributed by atoms with E-state index in [1.807, 2.05) is 18.5 Å². The summed E-state index contributed by atoms with van der Waals surface area (Å²) in [6, 6.07) is 23.2. The molecule has 1 atom stereocenters. The minimum atomic E-state index is 0.121. The van der Waals surface area contributed by atoms with Crippen molar-refractivity contribution in [1.29, 1.82) is 0 Å². The number of aryl methyl sites for hydroxylation is 1.